The maximum Gasteiger partial charge on any atom is 0.269 e. The van der Waals surface area contributed by atoms with Crippen molar-refractivity contribution in [1.82, 2.24) is 9.88 Å². The fourth-order valence-corrected chi connectivity index (χ4v) is 4.65. The molecular weight excluding hydrogens is 362 g/mol. The maximum atomic E-state index is 13.0. The van der Waals surface area contributed by atoms with Crippen LogP contribution in [0.4, 0.5) is 5.69 Å². The minimum Gasteiger partial charge on any atom is -0.333 e. The lowest BCUT2D eigenvalue weighted by Crippen LogP contribution is -2.39. The van der Waals surface area contributed by atoms with Crippen LogP contribution in [0.25, 0.3) is 10.2 Å². The van der Waals surface area contributed by atoms with Crippen LogP contribution in [0, 0.1) is 10.1 Å². The topological polar surface area (TPSA) is 76.3 Å². The van der Waals surface area contributed by atoms with Gasteiger partial charge in [-0.05, 0) is 37.0 Å². The SMILES string of the molecule is O=C(Cc1ccc([N+](=O)[O-])cc1)N1CCCCC1c1nc2ccccc2s1. The highest BCUT2D eigenvalue weighted by atomic mass is 32.1. The van der Waals surface area contributed by atoms with Gasteiger partial charge in [0.1, 0.15) is 5.01 Å². The third-order valence-corrected chi connectivity index (χ3v) is 6.06. The van der Waals surface area contributed by atoms with Gasteiger partial charge < -0.3 is 4.90 Å². The fourth-order valence-electron chi connectivity index (χ4n) is 3.53. The third-order valence-electron chi connectivity index (χ3n) is 4.92. The Hall–Kier alpha value is -2.80. The zero-order chi connectivity index (χ0) is 18.8. The zero-order valence-electron chi connectivity index (χ0n) is 14.7. The van der Waals surface area contributed by atoms with Crippen LogP contribution in [0.1, 0.15) is 35.9 Å². The molecule has 138 valence electrons. The quantitative estimate of drug-likeness (QED) is 0.492. The second-order valence-electron chi connectivity index (χ2n) is 6.72. The minimum absolute atomic E-state index is 0.0155. The number of likely N-dealkylation sites (tertiary alicyclic amines) is 1. The highest BCUT2D eigenvalue weighted by Crippen LogP contribution is 2.36. The van der Waals surface area contributed by atoms with Gasteiger partial charge in [0.25, 0.3) is 5.69 Å². The van der Waals surface area contributed by atoms with Gasteiger partial charge in [-0.25, -0.2) is 4.98 Å². The van der Waals surface area contributed by atoms with Gasteiger partial charge in [0.2, 0.25) is 5.91 Å². The molecule has 3 aromatic rings. The van der Waals surface area contributed by atoms with Crippen molar-refractivity contribution < 1.29 is 9.72 Å². The lowest BCUT2D eigenvalue weighted by Gasteiger charge is -2.34. The predicted molar refractivity (Wildman–Crippen MR) is 105 cm³/mol. The number of non-ortho nitro benzene ring substituents is 1. The van der Waals surface area contributed by atoms with Gasteiger partial charge in [-0.3, -0.25) is 14.9 Å². The number of hydrogen-bond donors (Lipinski definition) is 0. The first-order valence-electron chi connectivity index (χ1n) is 9.00. The summed E-state index contributed by atoms with van der Waals surface area (Å²) in [6.07, 6.45) is 3.25. The van der Waals surface area contributed by atoms with Crippen LogP contribution in [0.3, 0.4) is 0 Å². The lowest BCUT2D eigenvalue weighted by molar-refractivity contribution is -0.384. The lowest BCUT2D eigenvalue weighted by atomic mass is 10.0. The van der Waals surface area contributed by atoms with E-state index in [4.69, 9.17) is 4.98 Å². The number of piperidine rings is 1. The number of amides is 1. The largest absolute Gasteiger partial charge is 0.333 e. The maximum absolute atomic E-state index is 13.0. The van der Waals surface area contributed by atoms with Crippen molar-refractivity contribution in [2.24, 2.45) is 0 Å². The molecule has 4 rings (SSSR count). The molecule has 27 heavy (non-hydrogen) atoms. The number of hydrogen-bond acceptors (Lipinski definition) is 5. The van der Waals surface area contributed by atoms with Crippen LogP contribution in [0.2, 0.25) is 0 Å². The van der Waals surface area contributed by atoms with Crippen LogP contribution in [0.5, 0.6) is 0 Å². The van der Waals surface area contributed by atoms with Crippen molar-refractivity contribution in [2.45, 2.75) is 31.7 Å². The van der Waals surface area contributed by atoms with Crippen LogP contribution in [-0.4, -0.2) is 27.3 Å². The molecule has 1 atom stereocenters. The highest BCUT2D eigenvalue weighted by molar-refractivity contribution is 7.18. The van der Waals surface area contributed by atoms with E-state index in [0.717, 1.165) is 46.6 Å². The zero-order valence-corrected chi connectivity index (χ0v) is 15.5. The summed E-state index contributed by atoms with van der Waals surface area (Å²) >= 11 is 1.66. The Balaban J connectivity index is 1.54. The number of thiazole rings is 1. The minimum atomic E-state index is -0.431. The molecule has 7 heteroatoms. The molecule has 1 fully saturated rings. The van der Waals surface area contributed by atoms with E-state index in [2.05, 4.69) is 6.07 Å². The molecule has 1 unspecified atom stereocenters. The van der Waals surface area contributed by atoms with E-state index in [1.54, 1.807) is 23.5 Å². The average molecular weight is 381 g/mol. The molecule has 2 aromatic carbocycles. The molecule has 0 spiro atoms. The van der Waals surface area contributed by atoms with Crippen molar-refractivity contribution in [3.05, 3.63) is 69.2 Å². The normalized spacial score (nSPS) is 17.2. The monoisotopic (exact) mass is 381 g/mol. The number of para-hydroxylation sites is 1. The first-order valence-corrected chi connectivity index (χ1v) is 9.82. The predicted octanol–water partition coefficient (Wildman–Crippen LogP) is 4.50. The molecule has 2 heterocycles. The number of fused-ring (bicyclic) bond motifs is 1. The second kappa shape index (κ2) is 7.44. The average Bonchev–Trinajstić information content (AvgIpc) is 3.12. The molecule has 6 nitrogen and oxygen atoms in total. The molecule has 0 aliphatic carbocycles. The molecule has 1 amide bonds. The van der Waals surface area contributed by atoms with Gasteiger partial charge in [-0.2, -0.15) is 0 Å². The summed E-state index contributed by atoms with van der Waals surface area (Å²) < 4.78 is 1.14. The summed E-state index contributed by atoms with van der Waals surface area (Å²) in [6, 6.07) is 14.3. The van der Waals surface area contributed by atoms with Crippen molar-refractivity contribution in [1.29, 1.82) is 0 Å². The Morgan fingerprint density at radius 1 is 1.19 bits per heavy atom. The second-order valence-corrected chi connectivity index (χ2v) is 7.78. The third kappa shape index (κ3) is 3.68. The van der Waals surface area contributed by atoms with Crippen LogP contribution >= 0.6 is 11.3 Å². The Kier molecular flexibility index (Phi) is 4.85. The Labute approximate surface area is 160 Å². The summed E-state index contributed by atoms with van der Waals surface area (Å²) in [6.45, 7) is 0.729. The molecule has 0 radical (unpaired) electrons. The van der Waals surface area contributed by atoms with Gasteiger partial charge in [0.05, 0.1) is 27.6 Å². The molecule has 0 saturated carbocycles. The van der Waals surface area contributed by atoms with Crippen molar-refractivity contribution in [3.8, 4) is 0 Å². The summed E-state index contributed by atoms with van der Waals surface area (Å²) in [5, 5.41) is 11.8. The number of aromatic nitrogens is 1. The van der Waals surface area contributed by atoms with Gasteiger partial charge in [-0.1, -0.05) is 24.3 Å². The van der Waals surface area contributed by atoms with E-state index in [1.807, 2.05) is 23.1 Å². The number of rotatable bonds is 4. The number of nitro groups is 1. The van der Waals surface area contributed by atoms with Gasteiger partial charge in [0.15, 0.2) is 0 Å². The standard InChI is InChI=1S/C20H19N3O3S/c24-19(13-14-8-10-15(11-9-14)23(25)26)22-12-4-3-6-17(22)20-21-16-5-1-2-7-18(16)27-20/h1-2,5,7-11,17H,3-4,6,12-13H2. The first kappa shape index (κ1) is 17.6. The van der Waals surface area contributed by atoms with Gasteiger partial charge in [0, 0.05) is 18.7 Å². The fraction of sp³-hybridized carbons (Fsp3) is 0.300. The number of nitrogens with zero attached hydrogens (tertiary/aromatic N) is 3. The number of carbonyl (C=O) groups excluding carboxylic acids is 1. The van der Waals surface area contributed by atoms with Crippen LogP contribution < -0.4 is 0 Å². The van der Waals surface area contributed by atoms with E-state index in [-0.39, 0.29) is 24.1 Å². The van der Waals surface area contributed by atoms with Crippen molar-refractivity contribution in [3.63, 3.8) is 0 Å². The van der Waals surface area contributed by atoms with E-state index in [1.165, 1.54) is 12.1 Å². The Bertz CT molecular complexity index is 951. The molecule has 1 saturated heterocycles. The Morgan fingerprint density at radius 2 is 1.96 bits per heavy atom. The molecular formula is C20H19N3O3S. The number of benzene rings is 2. The molecule has 0 N–H and O–H groups in total. The van der Waals surface area contributed by atoms with Crippen molar-refractivity contribution in [2.75, 3.05) is 6.54 Å². The molecule has 1 aromatic heterocycles. The summed E-state index contributed by atoms with van der Waals surface area (Å²) in [7, 11) is 0. The number of nitro benzene ring substituents is 1. The Morgan fingerprint density at radius 3 is 2.70 bits per heavy atom. The smallest absolute Gasteiger partial charge is 0.269 e. The van der Waals surface area contributed by atoms with E-state index in [9.17, 15) is 14.9 Å². The number of carbonyl (C=O) groups is 1. The van der Waals surface area contributed by atoms with Crippen molar-refractivity contribution >= 4 is 33.1 Å². The van der Waals surface area contributed by atoms with Gasteiger partial charge in [-0.15, -0.1) is 11.3 Å². The molecule has 1 aliphatic heterocycles. The molecule has 1 aliphatic rings. The summed E-state index contributed by atoms with van der Waals surface area (Å²) in [5.41, 5.74) is 1.81. The van der Waals surface area contributed by atoms with E-state index < -0.39 is 4.92 Å². The summed E-state index contributed by atoms with van der Waals surface area (Å²) in [4.78, 5) is 30.0. The van der Waals surface area contributed by atoms with Crippen LogP contribution in [-0.2, 0) is 11.2 Å². The van der Waals surface area contributed by atoms with Gasteiger partial charge >= 0.3 is 0 Å². The van der Waals surface area contributed by atoms with Crippen LogP contribution in [0.15, 0.2) is 48.5 Å². The molecule has 0 bridgehead atoms. The van der Waals surface area contributed by atoms with E-state index in [0.29, 0.717) is 0 Å². The van der Waals surface area contributed by atoms with E-state index >= 15 is 0 Å². The summed E-state index contributed by atoms with van der Waals surface area (Å²) in [5.74, 6) is 0.0489. The highest BCUT2D eigenvalue weighted by Gasteiger charge is 2.30. The first-order chi connectivity index (χ1) is 13.1.